The van der Waals surface area contributed by atoms with Gasteiger partial charge in [0.05, 0.1) is 5.57 Å². The molecule has 1 N–H and O–H groups in total. The molecule has 0 atom stereocenters. The highest BCUT2D eigenvalue weighted by Crippen LogP contribution is 2.30. The van der Waals surface area contributed by atoms with E-state index >= 15 is 0 Å². The minimum atomic E-state index is -0.932. The first-order valence-electron chi connectivity index (χ1n) is 7.82. The molecule has 2 aromatic rings. The van der Waals surface area contributed by atoms with E-state index < -0.39 is 5.97 Å². The zero-order valence-electron chi connectivity index (χ0n) is 14.2. The fourth-order valence-electron chi connectivity index (χ4n) is 2.63. The van der Waals surface area contributed by atoms with Gasteiger partial charge in [-0.05, 0) is 42.2 Å². The van der Waals surface area contributed by atoms with Gasteiger partial charge in [-0.1, -0.05) is 48.9 Å². The van der Waals surface area contributed by atoms with Crippen molar-refractivity contribution in [3.63, 3.8) is 0 Å². The first-order chi connectivity index (χ1) is 11.6. The van der Waals surface area contributed by atoms with Gasteiger partial charge in [0, 0.05) is 7.11 Å². The van der Waals surface area contributed by atoms with E-state index in [1.165, 1.54) is 0 Å². The molecule has 24 heavy (non-hydrogen) atoms. The number of hydrogen-bond donors (Lipinski definition) is 1. The zero-order valence-corrected chi connectivity index (χ0v) is 14.2. The lowest BCUT2D eigenvalue weighted by atomic mass is 9.92. The van der Waals surface area contributed by atoms with Crippen LogP contribution in [0.1, 0.15) is 30.0 Å². The molecular formula is C20H22O4. The smallest absolute Gasteiger partial charge is 0.336 e. The molecule has 0 heterocycles. The van der Waals surface area contributed by atoms with E-state index in [1.807, 2.05) is 38.1 Å². The third-order valence-electron chi connectivity index (χ3n) is 3.72. The number of methoxy groups -OCH3 is 1. The average molecular weight is 326 g/mol. The highest BCUT2D eigenvalue weighted by atomic mass is 16.7. The number of carbonyl (C=O) groups is 1. The predicted molar refractivity (Wildman–Crippen MR) is 94.9 cm³/mol. The van der Waals surface area contributed by atoms with E-state index in [0.29, 0.717) is 23.3 Å². The molecule has 4 heteroatoms. The summed E-state index contributed by atoms with van der Waals surface area (Å²) in [7, 11) is 1.55. The third-order valence-corrected chi connectivity index (χ3v) is 3.72. The van der Waals surface area contributed by atoms with E-state index in [1.54, 1.807) is 31.4 Å². The summed E-state index contributed by atoms with van der Waals surface area (Å²) in [6.45, 7) is 4.13. The van der Waals surface area contributed by atoms with Crippen LogP contribution < -0.4 is 4.74 Å². The van der Waals surface area contributed by atoms with Gasteiger partial charge >= 0.3 is 5.97 Å². The Morgan fingerprint density at radius 3 is 2.33 bits per heavy atom. The molecule has 2 rings (SSSR count). The molecule has 0 bridgehead atoms. The number of ether oxygens (including phenoxy) is 2. The van der Waals surface area contributed by atoms with Crippen LogP contribution in [0.2, 0.25) is 0 Å². The lowest BCUT2D eigenvalue weighted by Gasteiger charge is -2.13. The second kappa shape index (κ2) is 8.31. The lowest BCUT2D eigenvalue weighted by Crippen LogP contribution is -2.04. The van der Waals surface area contributed by atoms with Gasteiger partial charge in [0.1, 0.15) is 5.75 Å². The van der Waals surface area contributed by atoms with E-state index in [0.717, 1.165) is 16.7 Å². The quantitative estimate of drug-likeness (QED) is 0.466. The summed E-state index contributed by atoms with van der Waals surface area (Å²) < 4.78 is 10.2. The van der Waals surface area contributed by atoms with E-state index in [2.05, 4.69) is 0 Å². The number of aliphatic carboxylic acids is 1. The van der Waals surface area contributed by atoms with E-state index in [4.69, 9.17) is 9.47 Å². The molecule has 0 amide bonds. The fourth-order valence-corrected chi connectivity index (χ4v) is 2.63. The van der Waals surface area contributed by atoms with Gasteiger partial charge in [0.15, 0.2) is 6.79 Å². The maximum Gasteiger partial charge on any atom is 0.336 e. The number of carboxylic acids is 1. The minimum Gasteiger partial charge on any atom is -0.478 e. The fraction of sp³-hybridized carbons (Fsp3) is 0.250. The largest absolute Gasteiger partial charge is 0.478 e. The lowest BCUT2D eigenvalue weighted by molar-refractivity contribution is -0.130. The van der Waals surface area contributed by atoms with Gasteiger partial charge in [0.2, 0.25) is 0 Å². The highest BCUT2D eigenvalue weighted by Gasteiger charge is 2.17. The number of benzene rings is 2. The Morgan fingerprint density at radius 1 is 1.08 bits per heavy atom. The molecule has 0 aliphatic carbocycles. The predicted octanol–water partition coefficient (Wildman–Crippen LogP) is 4.38. The molecule has 126 valence electrons. The van der Waals surface area contributed by atoms with Crippen LogP contribution >= 0.6 is 0 Å². The Hall–Kier alpha value is -2.59. The number of aryl methyl sites for hydroxylation is 1. The summed E-state index contributed by atoms with van der Waals surface area (Å²) in [4.78, 5) is 11.9. The number of hydrogen-bond acceptors (Lipinski definition) is 3. The molecular weight excluding hydrogens is 304 g/mol. The first-order valence-corrected chi connectivity index (χ1v) is 7.82. The van der Waals surface area contributed by atoms with E-state index in [-0.39, 0.29) is 6.79 Å². The second-order valence-electron chi connectivity index (χ2n) is 5.46. The van der Waals surface area contributed by atoms with Gasteiger partial charge < -0.3 is 14.6 Å². The highest BCUT2D eigenvalue weighted by molar-refractivity contribution is 6.23. The van der Waals surface area contributed by atoms with Crippen LogP contribution in [0.3, 0.4) is 0 Å². The van der Waals surface area contributed by atoms with E-state index in [9.17, 15) is 9.90 Å². The van der Waals surface area contributed by atoms with Crippen molar-refractivity contribution < 1.29 is 19.4 Å². The molecule has 0 aromatic heterocycles. The SMILES string of the molecule is CC/C(=C(\C(=O)O)c1ccc(OCOC)cc1)c1cccc(C)c1. The summed E-state index contributed by atoms with van der Waals surface area (Å²) in [5.74, 6) is -0.294. The van der Waals surface area contributed by atoms with Gasteiger partial charge in [-0.15, -0.1) is 0 Å². The molecule has 0 spiro atoms. The Balaban J connectivity index is 2.48. The maximum atomic E-state index is 11.9. The topological polar surface area (TPSA) is 55.8 Å². The summed E-state index contributed by atoms with van der Waals surface area (Å²) in [6, 6.07) is 14.9. The number of carboxylic acid groups (broad SMARTS) is 1. The maximum absolute atomic E-state index is 11.9. The van der Waals surface area contributed by atoms with Gasteiger partial charge in [-0.2, -0.15) is 0 Å². The van der Waals surface area contributed by atoms with Gasteiger partial charge in [-0.3, -0.25) is 0 Å². The van der Waals surface area contributed by atoms with Crippen LogP contribution in [-0.4, -0.2) is 25.0 Å². The molecule has 0 saturated heterocycles. The van der Waals surface area contributed by atoms with Crippen molar-refractivity contribution in [1.29, 1.82) is 0 Å². The Kier molecular flexibility index (Phi) is 6.15. The Labute approximate surface area is 142 Å². The molecule has 0 aliphatic rings. The van der Waals surface area contributed by atoms with Crippen LogP contribution in [0.25, 0.3) is 11.1 Å². The zero-order chi connectivity index (χ0) is 17.5. The minimum absolute atomic E-state index is 0.157. The molecule has 0 unspecified atom stereocenters. The standard InChI is InChI=1S/C20H22O4/c1-4-18(16-7-5-6-14(2)12-16)19(20(21)22)15-8-10-17(11-9-15)24-13-23-3/h5-12H,4,13H2,1-3H3,(H,21,22)/b19-18+. The average Bonchev–Trinajstić information content (AvgIpc) is 2.58. The number of rotatable bonds is 7. The molecule has 4 nitrogen and oxygen atoms in total. The summed E-state index contributed by atoms with van der Waals surface area (Å²) in [5.41, 5.74) is 3.84. The second-order valence-corrected chi connectivity index (χ2v) is 5.46. The Morgan fingerprint density at radius 2 is 1.79 bits per heavy atom. The third kappa shape index (κ3) is 4.24. The molecule has 0 saturated carbocycles. The molecule has 2 aromatic carbocycles. The first kappa shape index (κ1) is 17.8. The molecule has 0 aliphatic heterocycles. The van der Waals surface area contributed by atoms with Crippen molar-refractivity contribution >= 4 is 17.1 Å². The molecule has 0 radical (unpaired) electrons. The van der Waals surface area contributed by atoms with Crippen LogP contribution in [0.4, 0.5) is 0 Å². The van der Waals surface area contributed by atoms with Crippen molar-refractivity contribution in [1.82, 2.24) is 0 Å². The monoisotopic (exact) mass is 326 g/mol. The van der Waals surface area contributed by atoms with Gasteiger partial charge in [0.25, 0.3) is 0 Å². The Bertz CT molecular complexity index is 730. The van der Waals surface area contributed by atoms with Crippen LogP contribution in [-0.2, 0) is 9.53 Å². The van der Waals surface area contributed by atoms with Crippen molar-refractivity contribution in [3.05, 3.63) is 65.2 Å². The van der Waals surface area contributed by atoms with Gasteiger partial charge in [-0.25, -0.2) is 4.79 Å². The number of allylic oxidation sites excluding steroid dienone is 1. The summed E-state index contributed by atoms with van der Waals surface area (Å²) >= 11 is 0. The van der Waals surface area contributed by atoms with Crippen molar-refractivity contribution in [2.45, 2.75) is 20.3 Å². The van der Waals surface area contributed by atoms with Crippen LogP contribution in [0.15, 0.2) is 48.5 Å². The van der Waals surface area contributed by atoms with Crippen LogP contribution in [0, 0.1) is 6.92 Å². The molecule has 0 fully saturated rings. The summed E-state index contributed by atoms with van der Waals surface area (Å²) in [5, 5.41) is 9.76. The van der Waals surface area contributed by atoms with Crippen molar-refractivity contribution in [2.24, 2.45) is 0 Å². The van der Waals surface area contributed by atoms with Crippen molar-refractivity contribution in [2.75, 3.05) is 13.9 Å². The normalized spacial score (nSPS) is 11.8. The summed E-state index contributed by atoms with van der Waals surface area (Å²) in [6.07, 6.45) is 0.632. The van der Waals surface area contributed by atoms with Crippen molar-refractivity contribution in [3.8, 4) is 5.75 Å². The van der Waals surface area contributed by atoms with Crippen LogP contribution in [0.5, 0.6) is 5.75 Å².